The second-order valence-corrected chi connectivity index (χ2v) is 19.3. The molecule has 0 aromatic rings. The van der Waals surface area contributed by atoms with Crippen LogP contribution in [-0.4, -0.2) is 74.9 Å². The average molecular weight is 941 g/mol. The van der Waals surface area contributed by atoms with Gasteiger partial charge in [-0.15, -0.1) is 0 Å². The van der Waals surface area contributed by atoms with E-state index in [1.807, 2.05) is 21.1 Å². The summed E-state index contributed by atoms with van der Waals surface area (Å²) in [4.78, 5) is 35.5. The van der Waals surface area contributed by atoms with Crippen LogP contribution in [0, 0.1) is 0 Å². The van der Waals surface area contributed by atoms with Crippen LogP contribution < -0.4 is 0 Å². The molecule has 0 bridgehead atoms. The van der Waals surface area contributed by atoms with Gasteiger partial charge in [0, 0.05) is 12.8 Å². The standard InChI is InChI=1S/C56H94NO8P/c1-6-8-10-12-14-16-18-20-22-24-26-28-30-32-34-36-38-40-42-44-46-48-55(58)62-52-54(53-64-66(60,61)63-51-50-57(3,4)5)65-56(59)49-47-45-43-41-39-37-35-33-31-29-27-25-23-21-19-17-15-13-11-9-7-2/h9,11,15,17-18,20-21,23-24,26-27,29-30,32-33,35,39,41,54H,6-8,10,12-14,16,19,22,25,28,31,34,36-38,40,42-53H2,1-5H3/p+1/b11-9-,17-15-,20-18-,23-21-,26-24-,29-27-,32-30-,35-33-,41-39-. The summed E-state index contributed by atoms with van der Waals surface area (Å²) in [6, 6.07) is 0. The molecular formula is C56H95NO8P+. The Balaban J connectivity index is 4.41. The monoisotopic (exact) mass is 941 g/mol. The molecule has 0 aliphatic carbocycles. The minimum atomic E-state index is -4.41. The van der Waals surface area contributed by atoms with Gasteiger partial charge in [0.1, 0.15) is 19.8 Å². The van der Waals surface area contributed by atoms with Crippen molar-refractivity contribution in [3.63, 3.8) is 0 Å². The Hall–Kier alpha value is -3.33. The van der Waals surface area contributed by atoms with Crippen molar-refractivity contribution in [1.29, 1.82) is 0 Å². The number of hydrogen-bond acceptors (Lipinski definition) is 7. The molecule has 66 heavy (non-hydrogen) atoms. The van der Waals surface area contributed by atoms with Crippen molar-refractivity contribution in [2.45, 2.75) is 187 Å². The van der Waals surface area contributed by atoms with E-state index in [2.05, 4.69) is 123 Å². The van der Waals surface area contributed by atoms with E-state index in [0.717, 1.165) is 103 Å². The third-order valence-corrected chi connectivity index (χ3v) is 11.3. The van der Waals surface area contributed by atoms with Gasteiger partial charge in [-0.25, -0.2) is 4.57 Å². The van der Waals surface area contributed by atoms with Gasteiger partial charge in [-0.05, 0) is 103 Å². The predicted molar refractivity (Wildman–Crippen MR) is 279 cm³/mol. The minimum absolute atomic E-state index is 0.0141. The summed E-state index contributed by atoms with van der Waals surface area (Å²) in [5.74, 6) is -0.873. The Morgan fingerprint density at radius 3 is 1.32 bits per heavy atom. The van der Waals surface area contributed by atoms with Crippen molar-refractivity contribution in [1.82, 2.24) is 0 Å². The maximum Gasteiger partial charge on any atom is 0.472 e. The molecular weight excluding hydrogens is 846 g/mol. The number of nitrogens with zero attached hydrogens (tertiary/aromatic N) is 1. The topological polar surface area (TPSA) is 108 Å². The van der Waals surface area contributed by atoms with E-state index in [0.29, 0.717) is 23.9 Å². The number of esters is 2. The number of likely N-dealkylation sites (N-methyl/N-ethyl adjacent to an activating group) is 1. The van der Waals surface area contributed by atoms with Gasteiger partial charge in [0.2, 0.25) is 0 Å². The van der Waals surface area contributed by atoms with Gasteiger partial charge < -0.3 is 18.9 Å². The number of rotatable bonds is 45. The van der Waals surface area contributed by atoms with E-state index < -0.39 is 32.5 Å². The van der Waals surface area contributed by atoms with Crippen molar-refractivity contribution in [2.24, 2.45) is 0 Å². The van der Waals surface area contributed by atoms with Crippen LogP contribution in [0.5, 0.6) is 0 Å². The molecule has 0 aliphatic rings. The zero-order valence-electron chi connectivity index (χ0n) is 42.4. The summed E-state index contributed by atoms with van der Waals surface area (Å²) in [6.07, 6.45) is 64.3. The Kier molecular flexibility index (Phi) is 44.4. The first-order valence-corrected chi connectivity index (χ1v) is 27.1. The quantitative estimate of drug-likeness (QED) is 0.0211. The lowest BCUT2D eigenvalue weighted by Gasteiger charge is -2.24. The van der Waals surface area contributed by atoms with Gasteiger partial charge in [-0.2, -0.15) is 0 Å². The Bertz CT molecular complexity index is 1480. The highest BCUT2D eigenvalue weighted by molar-refractivity contribution is 7.47. The largest absolute Gasteiger partial charge is 0.472 e. The van der Waals surface area contributed by atoms with E-state index >= 15 is 0 Å². The van der Waals surface area contributed by atoms with Crippen LogP contribution in [0.4, 0.5) is 0 Å². The number of phosphoric acid groups is 1. The highest BCUT2D eigenvalue weighted by Crippen LogP contribution is 2.43. The van der Waals surface area contributed by atoms with Crippen LogP contribution in [0.1, 0.15) is 181 Å². The van der Waals surface area contributed by atoms with Gasteiger partial charge in [0.15, 0.2) is 6.10 Å². The lowest BCUT2D eigenvalue weighted by Crippen LogP contribution is -2.37. The number of quaternary nitrogens is 1. The average Bonchev–Trinajstić information content (AvgIpc) is 3.27. The van der Waals surface area contributed by atoms with Gasteiger partial charge in [-0.3, -0.25) is 18.6 Å². The number of ether oxygens (including phenoxy) is 2. The van der Waals surface area contributed by atoms with Crippen molar-refractivity contribution in [2.75, 3.05) is 47.5 Å². The fourth-order valence-electron chi connectivity index (χ4n) is 6.32. The number of hydrogen-bond donors (Lipinski definition) is 1. The van der Waals surface area contributed by atoms with Crippen LogP contribution in [-0.2, 0) is 32.7 Å². The number of phosphoric ester groups is 1. The summed E-state index contributed by atoms with van der Waals surface area (Å²) in [5, 5.41) is 0. The number of carbonyl (C=O) groups excluding carboxylic acids is 2. The number of carbonyl (C=O) groups is 2. The molecule has 1 N–H and O–H groups in total. The third-order valence-electron chi connectivity index (χ3n) is 10.3. The molecule has 0 aromatic carbocycles. The van der Waals surface area contributed by atoms with Crippen molar-refractivity contribution >= 4 is 19.8 Å². The summed E-state index contributed by atoms with van der Waals surface area (Å²) in [7, 11) is 1.42. The molecule has 0 amide bonds. The first-order chi connectivity index (χ1) is 32.0. The third kappa shape index (κ3) is 50.1. The number of allylic oxidation sites excluding steroid dienone is 18. The molecule has 0 fully saturated rings. The van der Waals surface area contributed by atoms with Gasteiger partial charge in [-0.1, -0.05) is 175 Å². The molecule has 10 heteroatoms. The van der Waals surface area contributed by atoms with E-state index in [1.165, 1.54) is 38.5 Å². The Morgan fingerprint density at radius 1 is 0.485 bits per heavy atom. The van der Waals surface area contributed by atoms with E-state index in [-0.39, 0.29) is 26.1 Å². The molecule has 0 radical (unpaired) electrons. The van der Waals surface area contributed by atoms with E-state index in [9.17, 15) is 19.0 Å². The van der Waals surface area contributed by atoms with Crippen LogP contribution in [0.25, 0.3) is 0 Å². The van der Waals surface area contributed by atoms with Crippen molar-refractivity contribution in [3.05, 3.63) is 109 Å². The molecule has 0 saturated heterocycles. The molecule has 2 atom stereocenters. The Morgan fingerprint density at radius 2 is 0.864 bits per heavy atom. The van der Waals surface area contributed by atoms with Gasteiger partial charge >= 0.3 is 19.8 Å². The second kappa shape index (κ2) is 46.8. The molecule has 0 aromatic heterocycles. The first kappa shape index (κ1) is 62.7. The van der Waals surface area contributed by atoms with Crippen LogP contribution >= 0.6 is 7.82 Å². The molecule has 2 unspecified atom stereocenters. The van der Waals surface area contributed by atoms with Crippen LogP contribution in [0.2, 0.25) is 0 Å². The van der Waals surface area contributed by atoms with Crippen molar-refractivity contribution in [3.8, 4) is 0 Å². The van der Waals surface area contributed by atoms with Gasteiger partial charge in [0.05, 0.1) is 27.7 Å². The number of unbranched alkanes of at least 4 members (excludes halogenated alkanes) is 13. The molecule has 0 aliphatic heterocycles. The molecule has 0 heterocycles. The predicted octanol–water partition coefficient (Wildman–Crippen LogP) is 15.5. The SMILES string of the molecule is CC/C=C\C/C=C\C/C=C\C/C=C\C/C=C\C/C=C\CCCCC(=O)OC(COC(=O)CCCCCCCC/C=C\C/C=C\C/C=C\CCCCCCC)COP(=O)(O)OCC[N+](C)(C)C. The molecule has 376 valence electrons. The molecule has 9 nitrogen and oxygen atoms in total. The maximum absolute atomic E-state index is 12.7. The fourth-order valence-corrected chi connectivity index (χ4v) is 7.06. The smallest absolute Gasteiger partial charge is 0.462 e. The lowest BCUT2D eigenvalue weighted by atomic mass is 10.1. The molecule has 0 saturated carbocycles. The zero-order chi connectivity index (χ0) is 48.5. The summed E-state index contributed by atoms with van der Waals surface area (Å²) < 4.78 is 34.4. The fraction of sp³-hybridized carbons (Fsp3) is 0.643. The van der Waals surface area contributed by atoms with Gasteiger partial charge in [0.25, 0.3) is 0 Å². The van der Waals surface area contributed by atoms with Crippen LogP contribution in [0.15, 0.2) is 109 Å². The van der Waals surface area contributed by atoms with E-state index in [4.69, 9.17) is 18.5 Å². The first-order valence-electron chi connectivity index (χ1n) is 25.6. The summed E-state index contributed by atoms with van der Waals surface area (Å²) in [6.45, 7) is 4.22. The van der Waals surface area contributed by atoms with Crippen molar-refractivity contribution < 1.29 is 42.1 Å². The summed E-state index contributed by atoms with van der Waals surface area (Å²) in [5.41, 5.74) is 0. The summed E-state index contributed by atoms with van der Waals surface area (Å²) >= 11 is 0. The minimum Gasteiger partial charge on any atom is -0.462 e. The zero-order valence-corrected chi connectivity index (χ0v) is 43.3. The normalized spacial score (nSPS) is 14.3. The Labute approximate surface area is 404 Å². The van der Waals surface area contributed by atoms with Crippen LogP contribution in [0.3, 0.4) is 0 Å². The highest BCUT2D eigenvalue weighted by atomic mass is 31.2. The highest BCUT2D eigenvalue weighted by Gasteiger charge is 2.27. The second-order valence-electron chi connectivity index (χ2n) is 17.8. The molecule has 0 spiro atoms. The maximum atomic E-state index is 12.7. The lowest BCUT2D eigenvalue weighted by molar-refractivity contribution is -0.870. The van der Waals surface area contributed by atoms with E-state index in [1.54, 1.807) is 0 Å². The molecule has 0 rings (SSSR count).